The van der Waals surface area contributed by atoms with Crippen molar-refractivity contribution in [3.63, 3.8) is 0 Å². The summed E-state index contributed by atoms with van der Waals surface area (Å²) in [7, 11) is 1.98. The molecule has 2 heterocycles. The lowest BCUT2D eigenvalue weighted by molar-refractivity contribution is -0.116. The zero-order valence-corrected chi connectivity index (χ0v) is 14.8. The first-order valence-electron chi connectivity index (χ1n) is 8.72. The fourth-order valence-corrected chi connectivity index (χ4v) is 3.90. The van der Waals surface area contributed by atoms with E-state index in [-0.39, 0.29) is 11.9 Å². The van der Waals surface area contributed by atoms with E-state index in [2.05, 4.69) is 25.1 Å². The maximum atomic E-state index is 12.4. The minimum atomic E-state index is 0.0478. The van der Waals surface area contributed by atoms with Gasteiger partial charge in [0.2, 0.25) is 5.91 Å². The van der Waals surface area contributed by atoms with E-state index in [1.807, 2.05) is 47.3 Å². The Kier molecular flexibility index (Phi) is 3.85. The highest BCUT2D eigenvalue weighted by Crippen LogP contribution is 2.45. The van der Waals surface area contributed by atoms with Crippen LogP contribution in [0.2, 0.25) is 0 Å². The molecule has 1 unspecified atom stereocenters. The lowest BCUT2D eigenvalue weighted by Crippen LogP contribution is -2.30. The number of anilines is 1. The Balaban J connectivity index is 2.06. The summed E-state index contributed by atoms with van der Waals surface area (Å²) in [5.41, 5.74) is 5.37. The van der Waals surface area contributed by atoms with Crippen molar-refractivity contribution in [1.82, 2.24) is 5.06 Å². The zero-order chi connectivity index (χ0) is 17.6. The van der Waals surface area contributed by atoms with Gasteiger partial charge >= 0.3 is 0 Å². The molecular weight excluding hydrogens is 312 g/mol. The zero-order valence-electron chi connectivity index (χ0n) is 14.8. The van der Waals surface area contributed by atoms with Crippen LogP contribution in [0.5, 0.6) is 0 Å². The van der Waals surface area contributed by atoms with E-state index in [9.17, 15) is 4.79 Å². The van der Waals surface area contributed by atoms with Gasteiger partial charge in [-0.05, 0) is 18.1 Å². The van der Waals surface area contributed by atoms with Crippen molar-refractivity contribution in [1.29, 1.82) is 0 Å². The molecule has 0 bridgehead atoms. The Labute approximate surface area is 148 Å². The molecule has 2 aromatic carbocycles. The number of nitrogens with zero attached hydrogens (tertiary/aromatic N) is 2. The van der Waals surface area contributed by atoms with Crippen LogP contribution >= 0.6 is 0 Å². The molecule has 4 rings (SSSR count). The van der Waals surface area contributed by atoms with Gasteiger partial charge < -0.3 is 9.74 Å². The summed E-state index contributed by atoms with van der Waals surface area (Å²) in [6, 6.07) is 16.5. The number of amides is 1. The summed E-state index contributed by atoms with van der Waals surface area (Å²) < 4.78 is 0. The number of benzene rings is 2. The molecular formula is C21H22N2O2. The Hall–Kier alpha value is -2.59. The summed E-state index contributed by atoms with van der Waals surface area (Å²) in [6.07, 6.45) is 0.936. The largest absolute Gasteiger partial charge is 0.405 e. The van der Waals surface area contributed by atoms with Crippen molar-refractivity contribution < 1.29 is 9.63 Å². The first kappa shape index (κ1) is 15.9. The van der Waals surface area contributed by atoms with Crippen molar-refractivity contribution in [2.45, 2.75) is 32.9 Å². The Morgan fingerprint density at radius 1 is 1.12 bits per heavy atom. The molecule has 0 saturated heterocycles. The first-order chi connectivity index (χ1) is 12.1. The number of carbonyl (C=O) groups excluding carboxylic acids is 1. The molecule has 4 nitrogen and oxygen atoms in total. The van der Waals surface area contributed by atoms with E-state index in [1.165, 1.54) is 5.57 Å². The number of fused-ring (bicyclic) bond motifs is 4. The number of likely N-dealkylation sites (N-methyl/N-ethyl adjacent to an activating group) is 1. The average Bonchev–Trinajstić information content (AvgIpc) is 2.94. The number of hydrogen-bond acceptors (Lipinski definition) is 3. The SMILES string of the molecule is CCC1C2=C(ON1C)c1ccccc1CN(C(C)=O)c1ccccc12. The molecule has 1 amide bonds. The quantitative estimate of drug-likeness (QED) is 0.788. The minimum absolute atomic E-state index is 0.0478. The highest BCUT2D eigenvalue weighted by molar-refractivity contribution is 6.01. The fourth-order valence-electron chi connectivity index (χ4n) is 3.90. The third-order valence-corrected chi connectivity index (χ3v) is 5.09. The van der Waals surface area contributed by atoms with E-state index in [0.717, 1.165) is 34.6 Å². The van der Waals surface area contributed by atoms with Crippen LogP contribution < -0.4 is 4.90 Å². The van der Waals surface area contributed by atoms with Crippen LogP contribution in [0.1, 0.15) is 37.0 Å². The average molecular weight is 334 g/mol. The summed E-state index contributed by atoms with van der Waals surface area (Å²) in [6.45, 7) is 4.34. The molecule has 1 atom stereocenters. The maximum absolute atomic E-state index is 12.4. The van der Waals surface area contributed by atoms with Gasteiger partial charge in [-0.15, -0.1) is 5.06 Å². The number of rotatable bonds is 1. The molecule has 0 spiro atoms. The lowest BCUT2D eigenvalue weighted by Gasteiger charge is -2.28. The molecule has 0 radical (unpaired) electrons. The summed E-state index contributed by atoms with van der Waals surface area (Å²) in [5, 5.41) is 1.93. The monoisotopic (exact) mass is 334 g/mol. The van der Waals surface area contributed by atoms with Crippen molar-refractivity contribution >= 4 is 22.9 Å². The molecule has 128 valence electrons. The number of para-hydroxylation sites is 1. The van der Waals surface area contributed by atoms with E-state index < -0.39 is 0 Å². The molecule has 4 heteroatoms. The van der Waals surface area contributed by atoms with Crippen molar-refractivity contribution in [3.8, 4) is 0 Å². The molecule has 0 aliphatic carbocycles. The van der Waals surface area contributed by atoms with Crippen molar-refractivity contribution in [2.75, 3.05) is 11.9 Å². The minimum Gasteiger partial charge on any atom is -0.405 e. The molecule has 25 heavy (non-hydrogen) atoms. The van der Waals surface area contributed by atoms with Gasteiger partial charge in [0.1, 0.15) is 0 Å². The Morgan fingerprint density at radius 2 is 1.80 bits per heavy atom. The molecule has 0 N–H and O–H groups in total. The highest BCUT2D eigenvalue weighted by Gasteiger charge is 2.37. The van der Waals surface area contributed by atoms with Crippen LogP contribution in [0.4, 0.5) is 5.69 Å². The van der Waals surface area contributed by atoms with Crippen LogP contribution in [0.15, 0.2) is 48.5 Å². The van der Waals surface area contributed by atoms with Crippen LogP contribution in [0.25, 0.3) is 11.3 Å². The standard InChI is InChI=1S/C21H22N2O2/c1-4-18-20-17-11-7-8-12-19(17)23(14(2)24)13-15-9-5-6-10-16(15)21(20)25-22(18)3/h5-12,18H,4,13H2,1-3H3. The van der Waals surface area contributed by atoms with Gasteiger partial charge in [0, 0.05) is 30.7 Å². The molecule has 0 saturated carbocycles. The third-order valence-electron chi connectivity index (χ3n) is 5.09. The lowest BCUT2D eigenvalue weighted by atomic mass is 9.89. The van der Waals surface area contributed by atoms with E-state index in [0.29, 0.717) is 6.54 Å². The molecule has 0 aromatic heterocycles. The second-order valence-corrected chi connectivity index (χ2v) is 6.58. The second-order valence-electron chi connectivity index (χ2n) is 6.58. The van der Waals surface area contributed by atoms with Crippen LogP contribution in [0, 0.1) is 0 Å². The highest BCUT2D eigenvalue weighted by atomic mass is 16.7. The molecule has 2 aliphatic heterocycles. The Bertz CT molecular complexity index is 872. The van der Waals surface area contributed by atoms with E-state index in [4.69, 9.17) is 4.84 Å². The topological polar surface area (TPSA) is 32.8 Å². The van der Waals surface area contributed by atoms with Gasteiger partial charge in [-0.3, -0.25) is 4.79 Å². The predicted octanol–water partition coefficient (Wildman–Crippen LogP) is 4.08. The van der Waals surface area contributed by atoms with Crippen LogP contribution in [-0.4, -0.2) is 24.1 Å². The van der Waals surface area contributed by atoms with E-state index >= 15 is 0 Å². The van der Waals surface area contributed by atoms with Gasteiger partial charge in [0.15, 0.2) is 5.76 Å². The van der Waals surface area contributed by atoms with Crippen molar-refractivity contribution in [3.05, 3.63) is 65.2 Å². The molecule has 2 aromatic rings. The molecule has 2 aliphatic rings. The fraction of sp³-hybridized carbons (Fsp3) is 0.286. The number of hydroxylamine groups is 2. The van der Waals surface area contributed by atoms with Gasteiger partial charge in [-0.25, -0.2) is 0 Å². The number of carbonyl (C=O) groups is 1. The van der Waals surface area contributed by atoms with Crippen LogP contribution in [0.3, 0.4) is 0 Å². The number of hydrogen-bond donors (Lipinski definition) is 0. The van der Waals surface area contributed by atoms with Gasteiger partial charge in [-0.2, -0.15) is 0 Å². The van der Waals surface area contributed by atoms with Gasteiger partial charge in [0.25, 0.3) is 0 Å². The third kappa shape index (κ3) is 2.45. The predicted molar refractivity (Wildman–Crippen MR) is 99.5 cm³/mol. The van der Waals surface area contributed by atoms with Crippen LogP contribution in [-0.2, 0) is 16.2 Å². The first-order valence-corrected chi connectivity index (χ1v) is 8.72. The smallest absolute Gasteiger partial charge is 0.224 e. The summed E-state index contributed by atoms with van der Waals surface area (Å²) >= 11 is 0. The van der Waals surface area contributed by atoms with E-state index in [1.54, 1.807) is 6.92 Å². The molecule has 0 fully saturated rings. The second kappa shape index (κ2) is 6.05. The van der Waals surface area contributed by atoms with Gasteiger partial charge in [-0.1, -0.05) is 49.4 Å². The van der Waals surface area contributed by atoms with Gasteiger partial charge in [0.05, 0.1) is 18.3 Å². The summed E-state index contributed by atoms with van der Waals surface area (Å²) in [5.74, 6) is 0.965. The summed E-state index contributed by atoms with van der Waals surface area (Å²) in [4.78, 5) is 20.5. The normalized spacial score (nSPS) is 19.5. The maximum Gasteiger partial charge on any atom is 0.224 e. The van der Waals surface area contributed by atoms with Crippen molar-refractivity contribution in [2.24, 2.45) is 0 Å². The Morgan fingerprint density at radius 3 is 2.52 bits per heavy atom.